The van der Waals surface area contributed by atoms with Gasteiger partial charge >= 0.3 is 5.97 Å². The zero-order valence-electron chi connectivity index (χ0n) is 15.0. The summed E-state index contributed by atoms with van der Waals surface area (Å²) in [5.41, 5.74) is 0.919. The van der Waals surface area contributed by atoms with Crippen LogP contribution in [0.5, 0.6) is 0 Å². The Balaban J connectivity index is 1.77. The van der Waals surface area contributed by atoms with Crippen molar-refractivity contribution in [2.75, 3.05) is 17.7 Å². The smallest absolute Gasteiger partial charge is 0.316 e. The molecule has 0 saturated carbocycles. The number of nitrogens with zero attached hydrogens (tertiary/aromatic N) is 1. The third-order valence-corrected chi connectivity index (χ3v) is 4.57. The number of non-ortho nitro benzene ring substituents is 1. The maximum absolute atomic E-state index is 12.1. The average Bonchev–Trinajstić information content (AvgIpc) is 2.71. The number of ether oxygens (including phenoxy) is 1. The van der Waals surface area contributed by atoms with E-state index >= 15 is 0 Å². The van der Waals surface area contributed by atoms with E-state index in [2.05, 4.69) is 5.32 Å². The lowest BCUT2D eigenvalue weighted by Crippen LogP contribution is -2.15. The molecule has 146 valence electrons. The number of benzene rings is 2. The highest BCUT2D eigenvalue weighted by Crippen LogP contribution is 2.21. The molecule has 2 aromatic rings. The van der Waals surface area contributed by atoms with E-state index in [1.807, 2.05) is 0 Å². The molecule has 28 heavy (non-hydrogen) atoms. The first-order chi connectivity index (χ1) is 13.4. The Bertz CT molecular complexity index is 865. The number of hydrogen-bond acceptors (Lipinski definition) is 7. The van der Waals surface area contributed by atoms with Crippen molar-refractivity contribution in [3.63, 3.8) is 0 Å². The predicted molar refractivity (Wildman–Crippen MR) is 104 cm³/mol. The van der Waals surface area contributed by atoms with Crippen molar-refractivity contribution in [1.29, 1.82) is 0 Å². The van der Waals surface area contributed by atoms with Crippen LogP contribution in [0, 0.1) is 10.1 Å². The number of ketones is 1. The highest BCUT2D eigenvalue weighted by atomic mass is 32.2. The van der Waals surface area contributed by atoms with Crippen LogP contribution in [0.1, 0.15) is 23.7 Å². The summed E-state index contributed by atoms with van der Waals surface area (Å²) in [6.45, 7) is 1.35. The van der Waals surface area contributed by atoms with Crippen LogP contribution in [0.2, 0.25) is 0 Å². The number of thioether (sulfide) groups is 1. The molecule has 0 bridgehead atoms. The Kier molecular flexibility index (Phi) is 7.70. The number of Topliss-reactive ketones (excluding diaryl/α,β-unsaturated/α-hetero) is 1. The molecule has 0 saturated heterocycles. The zero-order valence-corrected chi connectivity index (χ0v) is 15.9. The molecule has 1 N–H and O–H groups in total. The van der Waals surface area contributed by atoms with E-state index in [0.29, 0.717) is 22.6 Å². The van der Waals surface area contributed by atoms with E-state index in [1.54, 1.807) is 43.3 Å². The number of nitro groups is 1. The SMILES string of the molecule is CCC(=O)Nc1ccc(C(=O)COC(=O)CSc2ccc([N+](=O)[O-])cc2)cc1. The van der Waals surface area contributed by atoms with E-state index < -0.39 is 10.9 Å². The van der Waals surface area contributed by atoms with Gasteiger partial charge in [0, 0.05) is 34.7 Å². The van der Waals surface area contributed by atoms with Crippen molar-refractivity contribution in [3.05, 3.63) is 64.2 Å². The second-order valence-corrected chi connectivity index (χ2v) is 6.65. The maximum atomic E-state index is 12.1. The molecule has 9 heteroatoms. The van der Waals surface area contributed by atoms with E-state index in [1.165, 1.54) is 12.1 Å². The largest absolute Gasteiger partial charge is 0.457 e. The number of nitrogens with one attached hydrogen (secondary N) is 1. The summed E-state index contributed by atoms with van der Waals surface area (Å²) in [5, 5.41) is 13.3. The Morgan fingerprint density at radius 2 is 1.71 bits per heavy atom. The first kappa shape index (κ1) is 21.1. The van der Waals surface area contributed by atoms with Gasteiger partial charge in [0.2, 0.25) is 5.91 Å². The molecule has 0 aliphatic rings. The van der Waals surface area contributed by atoms with Crippen LogP contribution in [0.25, 0.3) is 0 Å². The number of esters is 1. The van der Waals surface area contributed by atoms with E-state index in [4.69, 9.17) is 4.74 Å². The number of carbonyl (C=O) groups is 3. The highest BCUT2D eigenvalue weighted by molar-refractivity contribution is 8.00. The molecule has 1 amide bonds. The van der Waals surface area contributed by atoms with E-state index in [9.17, 15) is 24.5 Å². The molecule has 0 fully saturated rings. The molecule has 0 heterocycles. The molecule has 0 aromatic heterocycles. The normalized spacial score (nSPS) is 10.2. The first-order valence-electron chi connectivity index (χ1n) is 8.35. The lowest BCUT2D eigenvalue weighted by atomic mass is 10.1. The Morgan fingerprint density at radius 3 is 2.29 bits per heavy atom. The quantitative estimate of drug-likeness (QED) is 0.224. The highest BCUT2D eigenvalue weighted by Gasteiger charge is 2.11. The second kappa shape index (κ2) is 10.2. The summed E-state index contributed by atoms with van der Waals surface area (Å²) < 4.78 is 4.97. The van der Waals surface area contributed by atoms with Gasteiger partial charge in [0.25, 0.3) is 5.69 Å². The summed E-state index contributed by atoms with van der Waals surface area (Å²) in [6.07, 6.45) is 0.356. The molecular formula is C19H18N2O6S. The monoisotopic (exact) mass is 402 g/mol. The van der Waals surface area contributed by atoms with Gasteiger partial charge in [-0.15, -0.1) is 11.8 Å². The summed E-state index contributed by atoms with van der Waals surface area (Å²) in [6, 6.07) is 12.1. The third kappa shape index (κ3) is 6.51. The van der Waals surface area contributed by atoms with Crippen LogP contribution >= 0.6 is 11.8 Å². The van der Waals surface area contributed by atoms with E-state index in [0.717, 1.165) is 11.8 Å². The van der Waals surface area contributed by atoms with Crippen LogP contribution in [0.4, 0.5) is 11.4 Å². The molecule has 8 nitrogen and oxygen atoms in total. The topological polar surface area (TPSA) is 116 Å². The Hall–Kier alpha value is -3.20. The molecule has 2 aromatic carbocycles. The minimum atomic E-state index is -0.566. The second-order valence-electron chi connectivity index (χ2n) is 5.60. The van der Waals surface area contributed by atoms with Gasteiger partial charge in [-0.2, -0.15) is 0 Å². The van der Waals surface area contributed by atoms with Gasteiger partial charge in [0.1, 0.15) is 0 Å². The van der Waals surface area contributed by atoms with Crippen LogP contribution in [0.3, 0.4) is 0 Å². The van der Waals surface area contributed by atoms with E-state index in [-0.39, 0.29) is 29.7 Å². The molecular weight excluding hydrogens is 384 g/mol. The Morgan fingerprint density at radius 1 is 1.07 bits per heavy atom. The number of hydrogen-bond donors (Lipinski definition) is 1. The van der Waals surface area contributed by atoms with Crippen LogP contribution in [-0.4, -0.2) is 34.9 Å². The molecule has 0 spiro atoms. The maximum Gasteiger partial charge on any atom is 0.316 e. The number of carbonyl (C=O) groups excluding carboxylic acids is 3. The zero-order chi connectivity index (χ0) is 20.5. The van der Waals surface area contributed by atoms with Crippen molar-refractivity contribution in [3.8, 4) is 0 Å². The van der Waals surface area contributed by atoms with Crippen LogP contribution in [0.15, 0.2) is 53.4 Å². The van der Waals surface area contributed by atoms with Gasteiger partial charge in [-0.1, -0.05) is 6.92 Å². The molecule has 0 radical (unpaired) electrons. The molecule has 0 aliphatic carbocycles. The van der Waals surface area contributed by atoms with Crippen molar-refractivity contribution >= 4 is 40.8 Å². The minimum Gasteiger partial charge on any atom is -0.457 e. The predicted octanol–water partition coefficient (Wildman–Crippen LogP) is 3.46. The Labute approximate surface area is 165 Å². The van der Waals surface area contributed by atoms with Crippen molar-refractivity contribution < 1.29 is 24.0 Å². The van der Waals surface area contributed by atoms with Gasteiger partial charge in [0.05, 0.1) is 10.7 Å². The molecule has 0 atom stereocenters. The number of nitro benzene ring substituents is 1. The number of anilines is 1. The van der Waals surface area contributed by atoms with Crippen LogP contribution < -0.4 is 5.32 Å². The van der Waals surface area contributed by atoms with Crippen molar-refractivity contribution in [2.24, 2.45) is 0 Å². The van der Waals surface area contributed by atoms with Crippen molar-refractivity contribution in [2.45, 2.75) is 18.2 Å². The standard InChI is InChI=1S/C19H18N2O6S/c1-2-18(23)20-14-5-3-13(4-6-14)17(22)11-27-19(24)12-28-16-9-7-15(8-10-16)21(25)26/h3-10H,2,11-12H2,1H3,(H,20,23). The number of amides is 1. The fourth-order valence-electron chi connectivity index (χ4n) is 2.07. The van der Waals surface area contributed by atoms with Crippen molar-refractivity contribution in [1.82, 2.24) is 0 Å². The van der Waals surface area contributed by atoms with Crippen LogP contribution in [-0.2, 0) is 14.3 Å². The first-order valence-corrected chi connectivity index (χ1v) is 9.33. The molecule has 0 unspecified atom stereocenters. The fourth-order valence-corrected chi connectivity index (χ4v) is 2.76. The summed E-state index contributed by atoms with van der Waals surface area (Å²) >= 11 is 1.16. The van der Waals surface area contributed by atoms with Gasteiger partial charge in [0.15, 0.2) is 12.4 Å². The lowest BCUT2D eigenvalue weighted by molar-refractivity contribution is -0.384. The minimum absolute atomic E-state index is 0.0208. The summed E-state index contributed by atoms with van der Waals surface area (Å²) in [5.74, 6) is -1.07. The third-order valence-electron chi connectivity index (χ3n) is 3.58. The molecule has 2 rings (SSSR count). The lowest BCUT2D eigenvalue weighted by Gasteiger charge is -2.06. The summed E-state index contributed by atoms with van der Waals surface area (Å²) in [4.78, 5) is 46.0. The fraction of sp³-hybridized carbons (Fsp3) is 0.211. The van der Waals surface area contributed by atoms with Gasteiger partial charge in [-0.25, -0.2) is 0 Å². The molecule has 0 aliphatic heterocycles. The van der Waals surface area contributed by atoms with Gasteiger partial charge in [-0.05, 0) is 36.4 Å². The number of rotatable bonds is 9. The van der Waals surface area contributed by atoms with Gasteiger partial charge < -0.3 is 10.1 Å². The average molecular weight is 402 g/mol. The summed E-state index contributed by atoms with van der Waals surface area (Å²) in [7, 11) is 0. The van der Waals surface area contributed by atoms with Gasteiger partial charge in [-0.3, -0.25) is 24.5 Å².